The van der Waals surface area contributed by atoms with Crippen molar-refractivity contribution >= 4 is 46.1 Å². The Kier molecular flexibility index (Phi) is 6.65. The van der Waals surface area contributed by atoms with E-state index in [0.717, 1.165) is 24.4 Å². The van der Waals surface area contributed by atoms with Crippen molar-refractivity contribution in [1.29, 1.82) is 0 Å². The summed E-state index contributed by atoms with van der Waals surface area (Å²) in [6, 6.07) is 7.42. The molecule has 0 aliphatic heterocycles. The van der Waals surface area contributed by atoms with Gasteiger partial charge in [-0.2, -0.15) is 0 Å². The van der Waals surface area contributed by atoms with Gasteiger partial charge in [0.1, 0.15) is 12.4 Å². The second-order valence-corrected chi connectivity index (χ2v) is 7.00. The molecule has 114 valence electrons. The number of rotatable bonds is 7. The van der Waals surface area contributed by atoms with E-state index in [1.54, 1.807) is 23.5 Å². The summed E-state index contributed by atoms with van der Waals surface area (Å²) in [6.45, 7) is 4.55. The fourth-order valence-electron chi connectivity index (χ4n) is 1.75. The van der Waals surface area contributed by atoms with Crippen LogP contribution in [0.3, 0.4) is 0 Å². The number of ether oxygens (including phenoxy) is 1. The molecule has 1 aromatic carbocycles. The van der Waals surface area contributed by atoms with Gasteiger partial charge in [0, 0.05) is 22.4 Å². The lowest BCUT2D eigenvalue weighted by atomic mass is 10.3. The third-order valence-electron chi connectivity index (χ3n) is 2.79. The summed E-state index contributed by atoms with van der Waals surface area (Å²) < 4.78 is 5.71. The number of thiophene rings is 1. The Bertz CT molecular complexity index is 601. The van der Waals surface area contributed by atoms with Gasteiger partial charge in [0.05, 0.1) is 15.1 Å². The van der Waals surface area contributed by atoms with Crippen molar-refractivity contribution in [2.75, 3.05) is 6.54 Å². The van der Waals surface area contributed by atoms with E-state index in [4.69, 9.17) is 39.5 Å². The molecule has 0 amide bonds. The van der Waals surface area contributed by atoms with Crippen LogP contribution in [0.25, 0.3) is 0 Å². The van der Waals surface area contributed by atoms with Gasteiger partial charge in [0.25, 0.3) is 0 Å². The lowest BCUT2D eigenvalue weighted by Gasteiger charge is -2.08. The Hall–Kier alpha value is -0.450. The molecule has 6 heteroatoms. The van der Waals surface area contributed by atoms with Crippen LogP contribution in [0.15, 0.2) is 24.3 Å². The smallest absolute Gasteiger partial charge is 0.140 e. The zero-order chi connectivity index (χ0) is 15.2. The van der Waals surface area contributed by atoms with E-state index in [1.807, 2.05) is 0 Å². The molecule has 0 spiro atoms. The maximum absolute atomic E-state index is 6.08. The second-order valence-electron chi connectivity index (χ2n) is 4.53. The zero-order valence-corrected chi connectivity index (χ0v) is 14.7. The molecule has 21 heavy (non-hydrogen) atoms. The molecule has 0 bridgehead atoms. The van der Waals surface area contributed by atoms with Crippen molar-refractivity contribution in [3.63, 3.8) is 0 Å². The highest BCUT2D eigenvalue weighted by molar-refractivity contribution is 7.11. The topological polar surface area (TPSA) is 21.3 Å². The Morgan fingerprint density at radius 3 is 2.52 bits per heavy atom. The Morgan fingerprint density at radius 2 is 1.76 bits per heavy atom. The molecule has 0 saturated heterocycles. The first-order chi connectivity index (χ1) is 10.1. The monoisotopic (exact) mass is 363 g/mol. The number of halogens is 3. The normalized spacial score (nSPS) is 10.9. The van der Waals surface area contributed by atoms with E-state index in [2.05, 4.69) is 24.4 Å². The van der Waals surface area contributed by atoms with Crippen LogP contribution < -0.4 is 10.1 Å². The lowest BCUT2D eigenvalue weighted by molar-refractivity contribution is 0.310. The molecule has 1 heterocycles. The third kappa shape index (κ3) is 5.04. The van der Waals surface area contributed by atoms with Crippen molar-refractivity contribution in [2.45, 2.75) is 26.5 Å². The van der Waals surface area contributed by atoms with Crippen LogP contribution >= 0.6 is 46.1 Å². The standard InChI is InChI=1S/C15H16Cl3NOS/c1-2-5-19-8-10-3-4-11(21-10)9-20-15-7-13(17)12(16)6-14(15)18/h3-4,6-7,19H,2,5,8-9H2,1H3. The van der Waals surface area contributed by atoms with Crippen LogP contribution in [0.2, 0.25) is 15.1 Å². The van der Waals surface area contributed by atoms with E-state index >= 15 is 0 Å². The van der Waals surface area contributed by atoms with Crippen molar-refractivity contribution < 1.29 is 4.74 Å². The first-order valence-electron chi connectivity index (χ1n) is 6.65. The largest absolute Gasteiger partial charge is 0.486 e. The molecule has 0 atom stereocenters. The molecular formula is C15H16Cl3NOS. The first kappa shape index (κ1) is 16.9. The fourth-order valence-corrected chi connectivity index (χ4v) is 3.24. The summed E-state index contributed by atoms with van der Waals surface area (Å²) in [6.07, 6.45) is 1.14. The highest BCUT2D eigenvalue weighted by Crippen LogP contribution is 2.34. The number of hydrogen-bond donors (Lipinski definition) is 1. The summed E-state index contributed by atoms with van der Waals surface area (Å²) in [5, 5.41) is 4.70. The Labute approximate surface area is 144 Å². The molecule has 0 aliphatic carbocycles. The quantitative estimate of drug-likeness (QED) is 0.496. The van der Waals surface area contributed by atoms with Crippen molar-refractivity contribution in [2.24, 2.45) is 0 Å². The minimum atomic E-state index is 0.425. The van der Waals surface area contributed by atoms with E-state index in [1.165, 1.54) is 4.88 Å². The zero-order valence-electron chi connectivity index (χ0n) is 11.6. The molecule has 2 nitrogen and oxygen atoms in total. The van der Waals surface area contributed by atoms with E-state index in [9.17, 15) is 0 Å². The molecule has 0 saturated carbocycles. The summed E-state index contributed by atoms with van der Waals surface area (Å²) in [4.78, 5) is 2.44. The number of hydrogen-bond acceptors (Lipinski definition) is 3. The third-order valence-corrected chi connectivity index (χ3v) is 4.86. The van der Waals surface area contributed by atoms with Crippen LogP contribution in [-0.2, 0) is 13.2 Å². The van der Waals surface area contributed by atoms with Gasteiger partial charge in [-0.05, 0) is 31.2 Å². The van der Waals surface area contributed by atoms with Gasteiger partial charge >= 0.3 is 0 Å². The molecule has 0 fully saturated rings. The van der Waals surface area contributed by atoms with Crippen molar-refractivity contribution in [3.05, 3.63) is 49.1 Å². The minimum absolute atomic E-state index is 0.425. The summed E-state index contributed by atoms with van der Waals surface area (Å²) >= 11 is 19.7. The van der Waals surface area contributed by atoms with Crippen LogP contribution in [0.4, 0.5) is 0 Å². The van der Waals surface area contributed by atoms with E-state index < -0.39 is 0 Å². The fraction of sp³-hybridized carbons (Fsp3) is 0.333. The molecule has 0 aliphatic rings. The maximum Gasteiger partial charge on any atom is 0.140 e. The summed E-state index contributed by atoms with van der Waals surface area (Å²) in [5.74, 6) is 0.546. The van der Waals surface area contributed by atoms with Gasteiger partial charge in [0.15, 0.2) is 0 Å². The van der Waals surface area contributed by atoms with Crippen molar-refractivity contribution in [1.82, 2.24) is 5.32 Å². The molecule has 0 radical (unpaired) electrons. The Morgan fingerprint density at radius 1 is 1.05 bits per heavy atom. The molecule has 2 aromatic rings. The van der Waals surface area contributed by atoms with E-state index in [-0.39, 0.29) is 0 Å². The van der Waals surface area contributed by atoms with Gasteiger partial charge < -0.3 is 10.1 Å². The maximum atomic E-state index is 6.08. The average Bonchev–Trinajstić information content (AvgIpc) is 2.90. The number of nitrogens with one attached hydrogen (secondary N) is 1. The lowest BCUT2D eigenvalue weighted by Crippen LogP contribution is -2.12. The molecule has 1 N–H and O–H groups in total. The van der Waals surface area contributed by atoms with Gasteiger partial charge in [-0.15, -0.1) is 11.3 Å². The predicted molar refractivity (Wildman–Crippen MR) is 92.1 cm³/mol. The van der Waals surface area contributed by atoms with E-state index in [0.29, 0.717) is 27.4 Å². The van der Waals surface area contributed by atoms with Gasteiger partial charge in [-0.25, -0.2) is 0 Å². The van der Waals surface area contributed by atoms with Crippen molar-refractivity contribution in [3.8, 4) is 5.75 Å². The van der Waals surface area contributed by atoms with Crippen LogP contribution in [-0.4, -0.2) is 6.54 Å². The van der Waals surface area contributed by atoms with Gasteiger partial charge in [-0.3, -0.25) is 0 Å². The highest BCUT2D eigenvalue weighted by atomic mass is 35.5. The predicted octanol–water partition coefficient (Wildman–Crippen LogP) is 5.79. The van der Waals surface area contributed by atoms with Gasteiger partial charge in [-0.1, -0.05) is 41.7 Å². The summed E-state index contributed by atoms with van der Waals surface area (Å²) in [5.41, 5.74) is 0. The molecule has 1 aromatic heterocycles. The molecular weight excluding hydrogens is 349 g/mol. The highest BCUT2D eigenvalue weighted by Gasteiger charge is 2.08. The van der Waals surface area contributed by atoms with Crippen LogP contribution in [0.5, 0.6) is 5.75 Å². The van der Waals surface area contributed by atoms with Crippen LogP contribution in [0, 0.1) is 0 Å². The average molecular weight is 365 g/mol. The second kappa shape index (κ2) is 8.25. The SMILES string of the molecule is CCCNCc1ccc(COc2cc(Cl)c(Cl)cc2Cl)s1. The van der Waals surface area contributed by atoms with Crippen LogP contribution in [0.1, 0.15) is 23.1 Å². The first-order valence-corrected chi connectivity index (χ1v) is 8.61. The molecule has 2 rings (SSSR count). The number of benzene rings is 1. The minimum Gasteiger partial charge on any atom is -0.486 e. The summed E-state index contributed by atoms with van der Waals surface area (Å²) in [7, 11) is 0. The Balaban J connectivity index is 1.92. The van der Waals surface area contributed by atoms with Gasteiger partial charge in [0.2, 0.25) is 0 Å². The molecule has 0 unspecified atom stereocenters.